The number of anilines is 2. The lowest BCUT2D eigenvalue weighted by Gasteiger charge is -2.29. The molecule has 1 aliphatic carbocycles. The van der Waals surface area contributed by atoms with Crippen molar-refractivity contribution in [2.45, 2.75) is 51.1 Å². The molecule has 4 rings (SSSR count). The quantitative estimate of drug-likeness (QED) is 0.571. The van der Waals surface area contributed by atoms with Crippen LogP contribution in [-0.2, 0) is 23.3 Å². The molecule has 0 unspecified atom stereocenters. The zero-order valence-corrected chi connectivity index (χ0v) is 18.2. The van der Waals surface area contributed by atoms with Gasteiger partial charge in [0.05, 0.1) is 12.0 Å². The molecule has 166 valence electrons. The van der Waals surface area contributed by atoms with Crippen LogP contribution >= 0.6 is 0 Å². The lowest BCUT2D eigenvalue weighted by atomic mass is 9.94. The molecule has 2 aromatic carbocycles. The zero-order chi connectivity index (χ0) is 22.7. The SMILES string of the molecule is CCCCn1c(N)c(N(Cc2ccccc2)C(=O)C2(c3ccccc3)CC2)c(=O)[nH]c1=O. The molecule has 7 heteroatoms. The van der Waals surface area contributed by atoms with Gasteiger partial charge in [-0.05, 0) is 30.4 Å². The maximum absolute atomic E-state index is 14.0. The van der Waals surface area contributed by atoms with Crippen LogP contribution in [0.25, 0.3) is 0 Å². The van der Waals surface area contributed by atoms with Crippen LogP contribution in [-0.4, -0.2) is 15.5 Å². The molecule has 1 aromatic heterocycles. The Hall–Kier alpha value is -3.61. The summed E-state index contributed by atoms with van der Waals surface area (Å²) >= 11 is 0. The minimum atomic E-state index is -0.681. The number of nitrogens with zero attached hydrogens (tertiary/aromatic N) is 2. The summed E-state index contributed by atoms with van der Waals surface area (Å²) in [7, 11) is 0. The van der Waals surface area contributed by atoms with Gasteiger partial charge in [-0.3, -0.25) is 24.0 Å². The minimum absolute atomic E-state index is 0.0281. The largest absolute Gasteiger partial charge is 0.383 e. The molecule has 3 N–H and O–H groups in total. The summed E-state index contributed by atoms with van der Waals surface area (Å²) in [6.07, 6.45) is 3.00. The zero-order valence-electron chi connectivity index (χ0n) is 18.2. The van der Waals surface area contributed by atoms with E-state index in [2.05, 4.69) is 4.98 Å². The summed E-state index contributed by atoms with van der Waals surface area (Å²) in [4.78, 5) is 43.2. The number of unbranched alkanes of at least 4 members (excludes halogenated alkanes) is 1. The molecule has 1 saturated carbocycles. The fraction of sp³-hybridized carbons (Fsp3) is 0.320. The van der Waals surface area contributed by atoms with Crippen LogP contribution in [0.4, 0.5) is 11.5 Å². The van der Waals surface area contributed by atoms with Crippen LogP contribution in [0.3, 0.4) is 0 Å². The van der Waals surface area contributed by atoms with Crippen LogP contribution in [0.15, 0.2) is 70.3 Å². The number of nitrogen functional groups attached to an aromatic ring is 1. The molecule has 32 heavy (non-hydrogen) atoms. The van der Waals surface area contributed by atoms with Crippen molar-refractivity contribution in [3.05, 3.63) is 92.6 Å². The van der Waals surface area contributed by atoms with Gasteiger partial charge in [-0.25, -0.2) is 4.79 Å². The number of rotatable bonds is 8. The van der Waals surface area contributed by atoms with Crippen molar-refractivity contribution >= 4 is 17.4 Å². The van der Waals surface area contributed by atoms with Crippen LogP contribution in [0, 0.1) is 0 Å². The first-order valence-electron chi connectivity index (χ1n) is 11.0. The third-order valence-corrected chi connectivity index (χ3v) is 6.13. The van der Waals surface area contributed by atoms with Gasteiger partial charge in [-0.15, -0.1) is 0 Å². The smallest absolute Gasteiger partial charge is 0.330 e. The molecule has 0 spiro atoms. The lowest BCUT2D eigenvalue weighted by molar-refractivity contribution is -0.121. The van der Waals surface area contributed by atoms with Gasteiger partial charge in [-0.1, -0.05) is 74.0 Å². The van der Waals surface area contributed by atoms with Gasteiger partial charge in [0, 0.05) is 6.54 Å². The Labute approximate surface area is 186 Å². The van der Waals surface area contributed by atoms with E-state index in [1.165, 1.54) is 9.47 Å². The molecule has 7 nitrogen and oxygen atoms in total. The van der Waals surface area contributed by atoms with E-state index in [9.17, 15) is 14.4 Å². The number of hydrogen-bond acceptors (Lipinski definition) is 4. The van der Waals surface area contributed by atoms with Gasteiger partial charge in [-0.2, -0.15) is 0 Å². The molecule has 1 fully saturated rings. The maximum atomic E-state index is 14.0. The molecule has 1 aliphatic rings. The van der Waals surface area contributed by atoms with E-state index in [1.807, 2.05) is 67.6 Å². The van der Waals surface area contributed by atoms with E-state index in [0.29, 0.717) is 19.4 Å². The Morgan fingerprint density at radius 3 is 2.28 bits per heavy atom. The first-order chi connectivity index (χ1) is 15.5. The van der Waals surface area contributed by atoms with Gasteiger partial charge >= 0.3 is 5.69 Å². The Morgan fingerprint density at radius 2 is 1.69 bits per heavy atom. The summed E-state index contributed by atoms with van der Waals surface area (Å²) < 4.78 is 1.35. The van der Waals surface area contributed by atoms with Crippen molar-refractivity contribution in [2.75, 3.05) is 10.6 Å². The summed E-state index contributed by atoms with van der Waals surface area (Å²) in [5.74, 6) is -0.147. The molecule has 0 radical (unpaired) electrons. The molecular weight excluding hydrogens is 404 g/mol. The average molecular weight is 433 g/mol. The Morgan fingerprint density at radius 1 is 1.06 bits per heavy atom. The van der Waals surface area contributed by atoms with Crippen LogP contribution < -0.4 is 21.9 Å². The number of aromatic amines is 1. The van der Waals surface area contributed by atoms with Crippen molar-refractivity contribution < 1.29 is 4.79 Å². The Kier molecular flexibility index (Phi) is 5.99. The molecule has 0 bridgehead atoms. The average Bonchev–Trinajstić information content (AvgIpc) is 3.61. The van der Waals surface area contributed by atoms with Crippen LogP contribution in [0.5, 0.6) is 0 Å². The van der Waals surface area contributed by atoms with Gasteiger partial charge in [0.2, 0.25) is 5.91 Å². The molecule has 0 saturated heterocycles. The number of benzene rings is 2. The standard InChI is InChI=1S/C25H28N4O3/c1-2-3-16-28-21(26)20(22(30)27-24(28)32)29(17-18-10-6-4-7-11-18)23(31)25(14-15-25)19-12-8-5-9-13-19/h4-13H,2-3,14-17,26H2,1H3,(H,27,30,32). The van der Waals surface area contributed by atoms with E-state index in [4.69, 9.17) is 5.73 Å². The van der Waals surface area contributed by atoms with Crippen molar-refractivity contribution in [2.24, 2.45) is 0 Å². The third-order valence-electron chi connectivity index (χ3n) is 6.13. The van der Waals surface area contributed by atoms with Crippen molar-refractivity contribution in [1.29, 1.82) is 0 Å². The number of hydrogen-bond donors (Lipinski definition) is 2. The van der Waals surface area contributed by atoms with Crippen molar-refractivity contribution in [3.8, 4) is 0 Å². The number of amides is 1. The Bertz CT molecular complexity index is 1210. The highest BCUT2D eigenvalue weighted by Crippen LogP contribution is 2.50. The number of H-pyrrole nitrogens is 1. The minimum Gasteiger partial charge on any atom is -0.383 e. The lowest BCUT2D eigenvalue weighted by Crippen LogP contribution is -2.44. The van der Waals surface area contributed by atoms with E-state index in [1.54, 1.807) is 0 Å². The number of carbonyl (C=O) groups is 1. The summed E-state index contributed by atoms with van der Waals surface area (Å²) in [6, 6.07) is 19.1. The van der Waals surface area contributed by atoms with Crippen molar-refractivity contribution in [1.82, 2.24) is 9.55 Å². The second-order valence-corrected chi connectivity index (χ2v) is 8.32. The fourth-order valence-electron chi connectivity index (χ4n) is 4.16. The first kappa shape index (κ1) is 21.6. The fourth-order valence-corrected chi connectivity index (χ4v) is 4.16. The monoisotopic (exact) mass is 432 g/mol. The highest BCUT2D eigenvalue weighted by molar-refractivity contribution is 6.04. The van der Waals surface area contributed by atoms with E-state index >= 15 is 0 Å². The van der Waals surface area contributed by atoms with Crippen molar-refractivity contribution in [3.63, 3.8) is 0 Å². The van der Waals surface area contributed by atoms with Crippen LogP contribution in [0.2, 0.25) is 0 Å². The highest BCUT2D eigenvalue weighted by atomic mass is 16.2. The van der Waals surface area contributed by atoms with Gasteiger partial charge in [0.25, 0.3) is 5.56 Å². The normalized spacial score (nSPS) is 14.2. The predicted octanol–water partition coefficient (Wildman–Crippen LogP) is 3.18. The van der Waals surface area contributed by atoms with E-state index < -0.39 is 16.7 Å². The topological polar surface area (TPSA) is 101 Å². The Balaban J connectivity index is 1.84. The van der Waals surface area contributed by atoms with Gasteiger partial charge in [0.1, 0.15) is 5.82 Å². The molecule has 1 heterocycles. The van der Waals surface area contributed by atoms with E-state index in [-0.39, 0.29) is 24.0 Å². The molecule has 0 atom stereocenters. The predicted molar refractivity (Wildman–Crippen MR) is 126 cm³/mol. The number of aromatic nitrogens is 2. The summed E-state index contributed by atoms with van der Waals surface area (Å²) in [5.41, 5.74) is 6.33. The molecule has 3 aromatic rings. The summed E-state index contributed by atoms with van der Waals surface area (Å²) in [6.45, 7) is 2.57. The third kappa shape index (κ3) is 3.98. The molecule has 0 aliphatic heterocycles. The first-order valence-corrected chi connectivity index (χ1v) is 11.0. The van der Waals surface area contributed by atoms with Crippen LogP contribution in [0.1, 0.15) is 43.7 Å². The van der Waals surface area contributed by atoms with E-state index in [0.717, 1.165) is 24.0 Å². The second kappa shape index (κ2) is 8.86. The summed E-state index contributed by atoms with van der Waals surface area (Å²) in [5, 5.41) is 0. The second-order valence-electron chi connectivity index (χ2n) is 8.32. The number of nitrogens with one attached hydrogen (secondary N) is 1. The number of nitrogens with two attached hydrogens (primary N) is 1. The van der Waals surface area contributed by atoms with Gasteiger partial charge < -0.3 is 5.73 Å². The maximum Gasteiger partial charge on any atom is 0.330 e. The molecule has 1 amide bonds. The number of carbonyl (C=O) groups excluding carboxylic acids is 1. The molecular formula is C25H28N4O3. The van der Waals surface area contributed by atoms with Gasteiger partial charge in [0.15, 0.2) is 5.69 Å². The highest BCUT2D eigenvalue weighted by Gasteiger charge is 2.53.